The number of thiophene rings is 1. The van der Waals surface area contributed by atoms with E-state index in [0.29, 0.717) is 10.4 Å². The first-order chi connectivity index (χ1) is 9.53. The molecule has 0 aliphatic heterocycles. The van der Waals surface area contributed by atoms with Crippen LogP contribution in [0.25, 0.3) is 0 Å². The minimum atomic E-state index is -3.64. The summed E-state index contributed by atoms with van der Waals surface area (Å²) in [6.45, 7) is 0.100. The van der Waals surface area contributed by atoms with Crippen LogP contribution in [0.15, 0.2) is 40.6 Å². The van der Waals surface area contributed by atoms with E-state index in [2.05, 4.69) is 4.72 Å². The summed E-state index contributed by atoms with van der Waals surface area (Å²) in [5, 5.41) is 8.68. The topological polar surface area (TPSA) is 70.0 Å². The van der Waals surface area contributed by atoms with E-state index < -0.39 is 10.0 Å². The molecule has 0 bridgehead atoms. The number of hydrogen-bond donors (Lipinski definition) is 1. The molecule has 2 rings (SSSR count). The maximum atomic E-state index is 13.4. The lowest BCUT2D eigenvalue weighted by Crippen LogP contribution is -2.25. The Labute approximate surface area is 120 Å². The van der Waals surface area contributed by atoms with Gasteiger partial charge in [-0.2, -0.15) is 5.26 Å². The molecule has 0 aliphatic carbocycles. The highest BCUT2D eigenvalue weighted by atomic mass is 32.2. The van der Waals surface area contributed by atoms with E-state index >= 15 is 0 Å². The van der Waals surface area contributed by atoms with Gasteiger partial charge >= 0.3 is 0 Å². The van der Waals surface area contributed by atoms with Crippen molar-refractivity contribution in [3.8, 4) is 6.07 Å². The summed E-state index contributed by atoms with van der Waals surface area (Å²) in [6.07, 6.45) is 0.266. The van der Waals surface area contributed by atoms with Gasteiger partial charge in [0.15, 0.2) is 0 Å². The van der Waals surface area contributed by atoms with E-state index in [-0.39, 0.29) is 23.0 Å². The van der Waals surface area contributed by atoms with Gasteiger partial charge in [0.1, 0.15) is 21.0 Å². The van der Waals surface area contributed by atoms with Gasteiger partial charge in [-0.25, -0.2) is 17.5 Å². The highest BCUT2D eigenvalue weighted by Crippen LogP contribution is 2.20. The normalized spacial score (nSPS) is 11.2. The third-order valence-electron chi connectivity index (χ3n) is 2.60. The Balaban J connectivity index is 2.00. The monoisotopic (exact) mass is 310 g/mol. The van der Waals surface area contributed by atoms with E-state index in [1.165, 1.54) is 18.2 Å². The van der Waals surface area contributed by atoms with Gasteiger partial charge in [-0.05, 0) is 30.2 Å². The molecule has 1 aromatic carbocycles. The second kappa shape index (κ2) is 6.13. The predicted molar refractivity (Wildman–Crippen MR) is 74.3 cm³/mol. The summed E-state index contributed by atoms with van der Waals surface area (Å²) < 4.78 is 39.7. The van der Waals surface area contributed by atoms with Gasteiger partial charge in [-0.3, -0.25) is 0 Å². The van der Waals surface area contributed by atoms with Gasteiger partial charge in [0.2, 0.25) is 10.0 Å². The van der Waals surface area contributed by atoms with Crippen molar-refractivity contribution < 1.29 is 12.8 Å². The van der Waals surface area contributed by atoms with E-state index in [1.807, 2.05) is 6.07 Å². The molecule has 0 saturated carbocycles. The molecule has 0 spiro atoms. The zero-order valence-corrected chi connectivity index (χ0v) is 12.0. The number of nitriles is 1. The molecule has 2 aromatic rings. The zero-order valence-electron chi connectivity index (χ0n) is 10.3. The van der Waals surface area contributed by atoms with Gasteiger partial charge in [-0.1, -0.05) is 18.2 Å². The fourth-order valence-corrected chi connectivity index (χ4v) is 3.80. The van der Waals surface area contributed by atoms with Crippen LogP contribution in [0, 0.1) is 17.1 Å². The molecular formula is C13H11FN2O2S2. The standard InChI is InChI=1S/C13H11FN2O2S2/c14-12-4-2-1-3-10(12)7-8-16-20(17,18)13-6-5-11(9-15)19-13/h1-6,16H,7-8H2. The van der Waals surface area contributed by atoms with Crippen LogP contribution in [0.4, 0.5) is 4.39 Å². The second-order valence-electron chi connectivity index (χ2n) is 3.97. The quantitative estimate of drug-likeness (QED) is 0.921. The van der Waals surface area contributed by atoms with Crippen LogP contribution in [0.2, 0.25) is 0 Å². The van der Waals surface area contributed by atoms with Gasteiger partial charge in [0, 0.05) is 6.54 Å². The fraction of sp³-hybridized carbons (Fsp3) is 0.154. The predicted octanol–water partition coefficient (Wildman–Crippen LogP) is 2.28. The van der Waals surface area contributed by atoms with Crippen LogP contribution in [-0.2, 0) is 16.4 Å². The number of rotatable bonds is 5. The van der Waals surface area contributed by atoms with Gasteiger partial charge in [-0.15, -0.1) is 11.3 Å². The molecule has 0 amide bonds. The molecule has 1 N–H and O–H groups in total. The Morgan fingerprint density at radius 3 is 2.65 bits per heavy atom. The highest BCUT2D eigenvalue weighted by Gasteiger charge is 2.16. The molecule has 1 aromatic heterocycles. The number of nitrogens with one attached hydrogen (secondary N) is 1. The number of benzene rings is 1. The Kier molecular flexibility index (Phi) is 4.49. The van der Waals surface area contributed by atoms with Crippen LogP contribution in [0.3, 0.4) is 0 Å². The maximum absolute atomic E-state index is 13.4. The summed E-state index contributed by atoms with van der Waals surface area (Å²) in [4.78, 5) is 0.333. The minimum absolute atomic E-state index is 0.0857. The molecule has 7 heteroatoms. The lowest BCUT2D eigenvalue weighted by molar-refractivity contribution is 0.579. The largest absolute Gasteiger partial charge is 0.250 e. The SMILES string of the molecule is N#Cc1ccc(S(=O)(=O)NCCc2ccccc2F)s1. The van der Waals surface area contributed by atoms with Crippen LogP contribution in [-0.4, -0.2) is 15.0 Å². The molecule has 0 radical (unpaired) electrons. The van der Waals surface area contributed by atoms with Crippen molar-refractivity contribution in [3.63, 3.8) is 0 Å². The first kappa shape index (κ1) is 14.7. The minimum Gasteiger partial charge on any atom is -0.210 e. The van der Waals surface area contributed by atoms with Crippen molar-refractivity contribution in [2.24, 2.45) is 0 Å². The van der Waals surface area contributed by atoms with Crippen molar-refractivity contribution in [2.75, 3.05) is 6.54 Å². The lowest BCUT2D eigenvalue weighted by Gasteiger charge is -2.05. The average molecular weight is 310 g/mol. The average Bonchev–Trinajstić information content (AvgIpc) is 2.90. The van der Waals surface area contributed by atoms with Gasteiger partial charge < -0.3 is 0 Å². The summed E-state index contributed by atoms with van der Waals surface area (Å²) in [5.74, 6) is -0.352. The number of halogens is 1. The van der Waals surface area contributed by atoms with Crippen LogP contribution in [0.5, 0.6) is 0 Å². The van der Waals surface area contributed by atoms with Gasteiger partial charge in [0.05, 0.1) is 0 Å². The zero-order chi connectivity index (χ0) is 14.6. The summed E-state index contributed by atoms with van der Waals surface area (Å²) in [6, 6.07) is 11.0. The van der Waals surface area contributed by atoms with Crippen LogP contribution in [0.1, 0.15) is 10.4 Å². The molecule has 104 valence electrons. The molecule has 1 heterocycles. The van der Waals surface area contributed by atoms with Crippen LogP contribution >= 0.6 is 11.3 Å². The molecule has 20 heavy (non-hydrogen) atoms. The van der Waals surface area contributed by atoms with Crippen LogP contribution < -0.4 is 4.72 Å². The second-order valence-corrected chi connectivity index (χ2v) is 7.05. The molecule has 4 nitrogen and oxygen atoms in total. The molecule has 0 fully saturated rings. The van der Waals surface area contributed by atoms with E-state index in [9.17, 15) is 12.8 Å². The molecule has 0 atom stereocenters. The van der Waals surface area contributed by atoms with Crippen molar-refractivity contribution in [2.45, 2.75) is 10.6 Å². The van der Waals surface area contributed by atoms with Crippen molar-refractivity contribution in [1.82, 2.24) is 4.72 Å². The van der Waals surface area contributed by atoms with Crippen molar-refractivity contribution in [1.29, 1.82) is 5.26 Å². The van der Waals surface area contributed by atoms with E-state index in [0.717, 1.165) is 11.3 Å². The Bertz CT molecular complexity index is 748. The number of hydrogen-bond acceptors (Lipinski definition) is 4. The van der Waals surface area contributed by atoms with E-state index in [1.54, 1.807) is 18.2 Å². The summed E-state index contributed by atoms with van der Waals surface area (Å²) >= 11 is 0.904. The lowest BCUT2D eigenvalue weighted by atomic mass is 10.1. The summed E-state index contributed by atoms with van der Waals surface area (Å²) in [5.41, 5.74) is 0.457. The Hall–Kier alpha value is -1.75. The molecule has 0 unspecified atom stereocenters. The summed E-state index contributed by atoms with van der Waals surface area (Å²) in [7, 11) is -3.64. The maximum Gasteiger partial charge on any atom is 0.250 e. The van der Waals surface area contributed by atoms with Gasteiger partial charge in [0.25, 0.3) is 0 Å². The highest BCUT2D eigenvalue weighted by molar-refractivity contribution is 7.91. The number of nitrogens with zero attached hydrogens (tertiary/aromatic N) is 1. The Morgan fingerprint density at radius 1 is 1.25 bits per heavy atom. The molecule has 0 aliphatic rings. The molecular weight excluding hydrogens is 299 g/mol. The van der Waals surface area contributed by atoms with Crippen molar-refractivity contribution in [3.05, 3.63) is 52.7 Å². The third-order valence-corrected chi connectivity index (χ3v) is 5.54. The number of sulfonamides is 1. The van der Waals surface area contributed by atoms with E-state index in [4.69, 9.17) is 5.26 Å². The first-order valence-electron chi connectivity index (χ1n) is 5.76. The smallest absolute Gasteiger partial charge is 0.210 e. The fourth-order valence-electron chi connectivity index (χ4n) is 1.62. The Morgan fingerprint density at radius 2 is 2.00 bits per heavy atom. The third kappa shape index (κ3) is 3.42. The van der Waals surface area contributed by atoms with Crippen molar-refractivity contribution >= 4 is 21.4 Å². The first-order valence-corrected chi connectivity index (χ1v) is 8.06. The molecule has 0 saturated heterocycles.